The SMILES string of the molecule is C[C@@H](c1cccc(Cl)c1)N1CCn2cc(-c3c[nH]c4ncc(-c5ccccc5)cc34)cc2C1=O. The summed E-state index contributed by atoms with van der Waals surface area (Å²) in [7, 11) is 0. The predicted octanol–water partition coefficient (Wildman–Crippen LogP) is 6.57. The number of benzene rings is 2. The van der Waals surface area contributed by atoms with Gasteiger partial charge in [0.1, 0.15) is 11.3 Å². The fraction of sp³-hybridized carbons (Fsp3) is 0.143. The second kappa shape index (κ2) is 8.19. The van der Waals surface area contributed by atoms with E-state index >= 15 is 0 Å². The molecule has 5 aromatic rings. The van der Waals surface area contributed by atoms with Crippen molar-refractivity contribution in [1.82, 2.24) is 19.4 Å². The van der Waals surface area contributed by atoms with E-state index in [0.717, 1.165) is 45.4 Å². The number of H-pyrrole nitrogens is 1. The van der Waals surface area contributed by atoms with Crippen molar-refractivity contribution in [2.75, 3.05) is 6.54 Å². The molecule has 5 nitrogen and oxygen atoms in total. The number of amides is 1. The quantitative estimate of drug-likeness (QED) is 0.325. The highest BCUT2D eigenvalue weighted by atomic mass is 35.5. The van der Waals surface area contributed by atoms with Crippen LogP contribution >= 0.6 is 11.6 Å². The molecule has 0 saturated heterocycles. The Morgan fingerprint density at radius 2 is 1.82 bits per heavy atom. The largest absolute Gasteiger partial charge is 0.346 e. The number of carbonyl (C=O) groups is 1. The van der Waals surface area contributed by atoms with Gasteiger partial charge in [-0.2, -0.15) is 0 Å². The highest BCUT2D eigenvalue weighted by Crippen LogP contribution is 2.34. The Labute approximate surface area is 202 Å². The lowest BCUT2D eigenvalue weighted by Crippen LogP contribution is -2.41. The molecule has 6 heteroatoms. The van der Waals surface area contributed by atoms with Gasteiger partial charge in [0.15, 0.2) is 0 Å². The summed E-state index contributed by atoms with van der Waals surface area (Å²) in [6, 6.07) is 22.1. The van der Waals surface area contributed by atoms with Crippen LogP contribution in [0.4, 0.5) is 0 Å². The number of aromatic amines is 1. The fourth-order valence-electron chi connectivity index (χ4n) is 4.83. The lowest BCUT2D eigenvalue weighted by molar-refractivity contribution is 0.0632. The van der Waals surface area contributed by atoms with Crippen molar-refractivity contribution in [2.24, 2.45) is 0 Å². The zero-order chi connectivity index (χ0) is 23.2. The highest BCUT2D eigenvalue weighted by Gasteiger charge is 2.30. The van der Waals surface area contributed by atoms with E-state index in [1.807, 2.05) is 65.8 Å². The van der Waals surface area contributed by atoms with Crippen LogP contribution in [-0.2, 0) is 6.54 Å². The number of hydrogen-bond acceptors (Lipinski definition) is 2. The summed E-state index contributed by atoms with van der Waals surface area (Å²) < 4.78 is 2.06. The highest BCUT2D eigenvalue weighted by molar-refractivity contribution is 6.30. The van der Waals surface area contributed by atoms with Crippen molar-refractivity contribution >= 4 is 28.5 Å². The van der Waals surface area contributed by atoms with E-state index < -0.39 is 0 Å². The monoisotopic (exact) mass is 466 g/mol. The van der Waals surface area contributed by atoms with Gasteiger partial charge in [-0.1, -0.05) is 54.1 Å². The van der Waals surface area contributed by atoms with Crippen LogP contribution in [0.5, 0.6) is 0 Å². The van der Waals surface area contributed by atoms with Gasteiger partial charge in [0, 0.05) is 58.8 Å². The molecule has 1 atom stereocenters. The summed E-state index contributed by atoms with van der Waals surface area (Å²) in [5.74, 6) is 0.0351. The van der Waals surface area contributed by atoms with Gasteiger partial charge < -0.3 is 14.5 Å². The minimum absolute atomic E-state index is 0.0351. The van der Waals surface area contributed by atoms with Crippen molar-refractivity contribution in [2.45, 2.75) is 19.5 Å². The molecule has 1 aliphatic heterocycles. The van der Waals surface area contributed by atoms with Crippen molar-refractivity contribution < 1.29 is 4.79 Å². The lowest BCUT2D eigenvalue weighted by Gasteiger charge is -2.33. The van der Waals surface area contributed by atoms with Crippen LogP contribution in [-0.4, -0.2) is 31.9 Å². The predicted molar refractivity (Wildman–Crippen MR) is 136 cm³/mol. The van der Waals surface area contributed by atoms with E-state index in [-0.39, 0.29) is 11.9 Å². The normalized spacial score (nSPS) is 14.4. The first kappa shape index (κ1) is 20.8. The average molecular weight is 467 g/mol. The molecule has 0 spiro atoms. The second-order valence-corrected chi connectivity index (χ2v) is 9.16. The van der Waals surface area contributed by atoms with Crippen LogP contribution in [0, 0.1) is 0 Å². The van der Waals surface area contributed by atoms with Crippen LogP contribution in [0.25, 0.3) is 33.3 Å². The molecule has 0 fully saturated rings. The van der Waals surface area contributed by atoms with Gasteiger partial charge in [-0.15, -0.1) is 0 Å². The van der Waals surface area contributed by atoms with Crippen molar-refractivity contribution in [1.29, 1.82) is 0 Å². The van der Waals surface area contributed by atoms with Gasteiger partial charge in [0.2, 0.25) is 0 Å². The number of nitrogens with zero attached hydrogens (tertiary/aromatic N) is 3. The molecular formula is C28H23ClN4O. The topological polar surface area (TPSA) is 53.9 Å². The standard InChI is InChI=1S/C28H23ClN4O/c1-18(20-8-5-9-23(29)12-20)33-11-10-32-17-22(14-26(32)28(33)34)25-16-31-27-24(25)13-21(15-30-27)19-6-3-2-4-7-19/h2-9,12-18H,10-11H2,1H3,(H,30,31)/t18-/m0/s1. The molecule has 0 aliphatic carbocycles. The molecule has 1 amide bonds. The average Bonchev–Trinajstić information content (AvgIpc) is 3.48. The van der Waals surface area contributed by atoms with Crippen LogP contribution in [0.1, 0.15) is 29.0 Å². The maximum absolute atomic E-state index is 13.5. The number of pyridine rings is 1. The third-order valence-corrected chi connectivity index (χ3v) is 6.94. The number of nitrogens with one attached hydrogen (secondary N) is 1. The zero-order valence-electron chi connectivity index (χ0n) is 18.7. The third kappa shape index (κ3) is 3.49. The first-order valence-corrected chi connectivity index (χ1v) is 11.8. The van der Waals surface area contributed by atoms with Gasteiger partial charge in [0.25, 0.3) is 5.91 Å². The van der Waals surface area contributed by atoms with E-state index in [1.54, 1.807) is 0 Å². The molecule has 0 bridgehead atoms. The Kier molecular flexibility index (Phi) is 5.00. The zero-order valence-corrected chi connectivity index (χ0v) is 19.5. The Morgan fingerprint density at radius 3 is 2.65 bits per heavy atom. The minimum atomic E-state index is -0.0518. The van der Waals surface area contributed by atoms with E-state index in [0.29, 0.717) is 17.3 Å². The summed E-state index contributed by atoms with van der Waals surface area (Å²) in [5, 5.41) is 1.73. The van der Waals surface area contributed by atoms with Gasteiger partial charge >= 0.3 is 0 Å². The van der Waals surface area contributed by atoms with Gasteiger partial charge in [-0.3, -0.25) is 4.79 Å². The van der Waals surface area contributed by atoms with Gasteiger partial charge in [-0.05, 0) is 42.3 Å². The summed E-state index contributed by atoms with van der Waals surface area (Å²) in [6.45, 7) is 3.46. The number of rotatable bonds is 4. The molecule has 168 valence electrons. The Morgan fingerprint density at radius 1 is 0.971 bits per heavy atom. The Bertz CT molecular complexity index is 1520. The molecule has 2 aromatic carbocycles. The first-order chi connectivity index (χ1) is 16.6. The van der Waals surface area contributed by atoms with Crippen LogP contribution in [0.2, 0.25) is 5.02 Å². The first-order valence-electron chi connectivity index (χ1n) is 11.4. The van der Waals surface area contributed by atoms with Gasteiger partial charge in [-0.25, -0.2) is 4.98 Å². The van der Waals surface area contributed by atoms with Crippen molar-refractivity contribution in [3.63, 3.8) is 0 Å². The summed E-state index contributed by atoms with van der Waals surface area (Å²) in [5.41, 5.74) is 6.83. The van der Waals surface area contributed by atoms with Crippen LogP contribution < -0.4 is 0 Å². The Balaban J connectivity index is 1.35. The van der Waals surface area contributed by atoms with E-state index in [2.05, 4.69) is 45.9 Å². The van der Waals surface area contributed by atoms with E-state index in [1.165, 1.54) is 0 Å². The number of carbonyl (C=O) groups excluding carboxylic acids is 1. The number of fused-ring (bicyclic) bond motifs is 2. The van der Waals surface area contributed by atoms with Crippen molar-refractivity contribution in [3.8, 4) is 22.3 Å². The number of halogens is 1. The van der Waals surface area contributed by atoms with Crippen LogP contribution in [0.15, 0.2) is 85.3 Å². The fourth-order valence-corrected chi connectivity index (χ4v) is 5.03. The second-order valence-electron chi connectivity index (χ2n) is 8.73. The van der Waals surface area contributed by atoms with Gasteiger partial charge in [0.05, 0.1) is 6.04 Å². The molecule has 4 heterocycles. The molecule has 0 radical (unpaired) electrons. The molecule has 6 rings (SSSR count). The molecule has 34 heavy (non-hydrogen) atoms. The Hall–Kier alpha value is -3.83. The molecule has 0 unspecified atom stereocenters. The summed E-state index contributed by atoms with van der Waals surface area (Å²) in [4.78, 5) is 23.3. The smallest absolute Gasteiger partial charge is 0.271 e. The third-order valence-electron chi connectivity index (χ3n) is 6.71. The molecule has 1 aliphatic rings. The van der Waals surface area contributed by atoms with Crippen molar-refractivity contribution in [3.05, 3.63) is 102 Å². The maximum atomic E-state index is 13.5. The van der Waals surface area contributed by atoms with Crippen LogP contribution in [0.3, 0.4) is 0 Å². The molecule has 3 aromatic heterocycles. The molecule has 1 N–H and O–H groups in total. The number of hydrogen-bond donors (Lipinski definition) is 1. The lowest BCUT2D eigenvalue weighted by atomic mass is 10.0. The van der Waals surface area contributed by atoms with E-state index in [4.69, 9.17) is 11.6 Å². The molecular weight excluding hydrogens is 444 g/mol. The maximum Gasteiger partial charge on any atom is 0.271 e. The molecule has 0 saturated carbocycles. The summed E-state index contributed by atoms with van der Waals surface area (Å²) in [6.07, 6.45) is 5.94. The minimum Gasteiger partial charge on any atom is -0.346 e. The number of aromatic nitrogens is 3. The summed E-state index contributed by atoms with van der Waals surface area (Å²) >= 11 is 6.19. The van der Waals surface area contributed by atoms with E-state index in [9.17, 15) is 4.79 Å².